The van der Waals surface area contributed by atoms with Crippen LogP contribution in [0.4, 0.5) is 5.82 Å². The second kappa shape index (κ2) is 7.13. The van der Waals surface area contributed by atoms with Crippen molar-refractivity contribution in [3.63, 3.8) is 0 Å². The molecule has 25 heavy (non-hydrogen) atoms. The largest absolute Gasteiger partial charge is 0.369 e. The van der Waals surface area contributed by atoms with Crippen LogP contribution in [0, 0.1) is 5.92 Å². The van der Waals surface area contributed by atoms with Crippen LogP contribution >= 0.6 is 0 Å². The maximum absolute atomic E-state index is 12.6. The first kappa shape index (κ1) is 17.9. The van der Waals surface area contributed by atoms with Crippen molar-refractivity contribution in [3.05, 3.63) is 30.5 Å². The number of nitrogens with zero attached hydrogens (tertiary/aromatic N) is 1. The van der Waals surface area contributed by atoms with Crippen LogP contribution in [0.5, 0.6) is 0 Å². The Kier molecular flexibility index (Phi) is 5.10. The Bertz CT molecular complexity index is 778. The van der Waals surface area contributed by atoms with Crippen LogP contribution in [-0.4, -0.2) is 31.4 Å². The van der Waals surface area contributed by atoms with Crippen molar-refractivity contribution in [1.82, 2.24) is 9.71 Å². The van der Waals surface area contributed by atoms with Crippen LogP contribution in [0.1, 0.15) is 38.5 Å². The number of sulfonamides is 1. The lowest BCUT2D eigenvalue weighted by atomic mass is 10.1. The molecule has 4 N–H and O–H groups in total. The predicted molar refractivity (Wildman–Crippen MR) is 95.3 cm³/mol. The van der Waals surface area contributed by atoms with Gasteiger partial charge in [-0.3, -0.25) is 4.79 Å². The molecule has 7 nitrogen and oxygen atoms in total. The lowest BCUT2D eigenvalue weighted by Gasteiger charge is -2.15. The van der Waals surface area contributed by atoms with Crippen molar-refractivity contribution >= 4 is 21.7 Å². The lowest BCUT2D eigenvalue weighted by molar-refractivity contribution is -0.121. The molecule has 136 valence electrons. The average molecular weight is 364 g/mol. The van der Waals surface area contributed by atoms with Gasteiger partial charge in [0, 0.05) is 18.7 Å². The van der Waals surface area contributed by atoms with Crippen LogP contribution in [0.25, 0.3) is 0 Å². The van der Waals surface area contributed by atoms with Gasteiger partial charge in [-0.1, -0.05) is 25.0 Å². The maximum Gasteiger partial charge on any atom is 0.267 e. The molecular formula is C17H24N4O3S. The van der Waals surface area contributed by atoms with Crippen molar-refractivity contribution in [2.75, 3.05) is 11.9 Å². The third kappa shape index (κ3) is 4.01. The molecule has 1 aliphatic heterocycles. The molecule has 1 aromatic rings. The Balaban J connectivity index is 1.85. The van der Waals surface area contributed by atoms with E-state index in [1.807, 2.05) is 12.2 Å². The van der Waals surface area contributed by atoms with E-state index in [9.17, 15) is 13.2 Å². The second-order valence-corrected chi connectivity index (χ2v) is 8.34. The van der Waals surface area contributed by atoms with Crippen molar-refractivity contribution in [2.45, 2.75) is 49.0 Å². The van der Waals surface area contributed by atoms with Gasteiger partial charge in [0.05, 0.1) is 0 Å². The Morgan fingerprint density at radius 3 is 2.88 bits per heavy atom. The summed E-state index contributed by atoms with van der Waals surface area (Å²) >= 11 is 0. The summed E-state index contributed by atoms with van der Waals surface area (Å²) in [6.07, 6.45) is 11.1. The molecule has 0 unspecified atom stereocenters. The minimum Gasteiger partial charge on any atom is -0.369 e. The highest BCUT2D eigenvalue weighted by Crippen LogP contribution is 2.42. The van der Waals surface area contributed by atoms with Gasteiger partial charge in [0.2, 0.25) is 0 Å². The molecule has 0 aromatic carbocycles. The van der Waals surface area contributed by atoms with Crippen LogP contribution < -0.4 is 15.8 Å². The van der Waals surface area contributed by atoms with E-state index in [-0.39, 0.29) is 16.6 Å². The number of carbonyl (C=O) groups is 1. The van der Waals surface area contributed by atoms with E-state index >= 15 is 0 Å². The third-order valence-electron chi connectivity index (χ3n) is 4.73. The van der Waals surface area contributed by atoms with E-state index in [1.54, 1.807) is 0 Å². The number of hydrogen-bond donors (Lipinski definition) is 3. The van der Waals surface area contributed by atoms with E-state index in [2.05, 4.69) is 15.0 Å². The standard InChI is InChI=1S/C17H24N4O3S/c18-17-12-13(17)8-5-3-1-2-4-6-10-19-15-14(9-7-11-20-15)25(23,24)21-16(17)22/h5,7-9,11,13H,1-4,6,10,12,18H2,(H,19,20)(H,21,22)/b8-5-/t13-,17+/m0/s1. The number of carbonyl (C=O) groups excluding carboxylic acids is 1. The monoisotopic (exact) mass is 364 g/mol. The zero-order chi connectivity index (χ0) is 17.9. The number of nitrogens with one attached hydrogen (secondary N) is 2. The fourth-order valence-corrected chi connectivity index (χ4v) is 4.21. The number of allylic oxidation sites excluding steroid dienone is 1. The highest BCUT2D eigenvalue weighted by molar-refractivity contribution is 7.90. The van der Waals surface area contributed by atoms with Crippen molar-refractivity contribution in [3.8, 4) is 0 Å². The Morgan fingerprint density at radius 1 is 1.24 bits per heavy atom. The van der Waals surface area contributed by atoms with Gasteiger partial charge in [-0.2, -0.15) is 0 Å². The zero-order valence-corrected chi connectivity index (χ0v) is 14.9. The molecule has 1 saturated carbocycles. The number of rotatable bonds is 0. The van der Waals surface area contributed by atoms with Gasteiger partial charge in [0.25, 0.3) is 15.9 Å². The average Bonchev–Trinajstić information content (AvgIpc) is 3.24. The van der Waals surface area contributed by atoms with Crippen LogP contribution in [-0.2, 0) is 14.8 Å². The molecule has 0 radical (unpaired) electrons. The lowest BCUT2D eigenvalue weighted by Crippen LogP contribution is -2.46. The number of hydrogen-bond acceptors (Lipinski definition) is 6. The molecule has 0 bridgehead atoms. The molecule has 2 heterocycles. The Labute approximate surface area is 148 Å². The fourth-order valence-electron chi connectivity index (χ4n) is 3.03. The third-order valence-corrected chi connectivity index (χ3v) is 6.09. The minimum absolute atomic E-state index is 0.0354. The van der Waals surface area contributed by atoms with Crippen LogP contribution in [0.2, 0.25) is 0 Å². The van der Waals surface area contributed by atoms with Crippen LogP contribution in [0.15, 0.2) is 35.4 Å². The molecule has 1 fully saturated rings. The minimum atomic E-state index is -4.03. The Hall–Kier alpha value is -1.93. The van der Waals surface area contributed by atoms with Gasteiger partial charge in [-0.25, -0.2) is 18.1 Å². The molecule has 0 saturated heterocycles. The molecule has 3 rings (SSSR count). The maximum atomic E-state index is 12.6. The summed E-state index contributed by atoms with van der Waals surface area (Å²) in [4.78, 5) is 16.5. The molecule has 2 aliphatic rings. The molecule has 1 aliphatic carbocycles. The van der Waals surface area contributed by atoms with E-state index < -0.39 is 21.5 Å². The number of nitrogens with two attached hydrogens (primary N) is 1. The van der Waals surface area contributed by atoms with Gasteiger partial charge < -0.3 is 11.1 Å². The summed E-state index contributed by atoms with van der Waals surface area (Å²) in [5, 5.41) is 3.06. The summed E-state index contributed by atoms with van der Waals surface area (Å²) in [5.74, 6) is -0.514. The van der Waals surface area contributed by atoms with Crippen molar-refractivity contribution in [2.24, 2.45) is 11.7 Å². The molecular weight excluding hydrogens is 340 g/mol. The first-order valence-electron chi connectivity index (χ1n) is 8.65. The predicted octanol–water partition coefficient (Wildman–Crippen LogP) is 1.54. The first-order valence-corrected chi connectivity index (χ1v) is 10.1. The summed E-state index contributed by atoms with van der Waals surface area (Å²) in [6.45, 7) is 0.631. The quantitative estimate of drug-likeness (QED) is 0.602. The van der Waals surface area contributed by atoms with Gasteiger partial charge in [-0.05, 0) is 37.8 Å². The first-order chi connectivity index (χ1) is 11.9. The summed E-state index contributed by atoms with van der Waals surface area (Å²) in [7, 11) is -4.03. The number of amides is 1. The molecule has 2 atom stereocenters. The normalized spacial score (nSPS) is 30.9. The van der Waals surface area contributed by atoms with Gasteiger partial charge >= 0.3 is 0 Å². The van der Waals surface area contributed by atoms with Crippen molar-refractivity contribution in [1.29, 1.82) is 0 Å². The molecule has 0 spiro atoms. The van der Waals surface area contributed by atoms with Gasteiger partial charge in [0.15, 0.2) is 0 Å². The highest BCUT2D eigenvalue weighted by atomic mass is 32.2. The number of pyridine rings is 1. The fraction of sp³-hybridized carbons (Fsp3) is 0.529. The van der Waals surface area contributed by atoms with Gasteiger partial charge in [0.1, 0.15) is 16.3 Å². The number of fused-ring (bicyclic) bond motifs is 2. The molecule has 1 aromatic heterocycles. The summed E-state index contributed by atoms with van der Waals surface area (Å²) in [5.41, 5.74) is 4.94. The van der Waals surface area contributed by atoms with E-state index in [4.69, 9.17) is 5.73 Å². The summed E-state index contributed by atoms with van der Waals surface area (Å²) in [6, 6.07) is 2.96. The van der Waals surface area contributed by atoms with E-state index in [0.29, 0.717) is 13.0 Å². The Morgan fingerprint density at radius 2 is 2.04 bits per heavy atom. The molecule has 1 amide bonds. The van der Waals surface area contributed by atoms with Crippen molar-refractivity contribution < 1.29 is 13.2 Å². The second-order valence-electron chi connectivity index (χ2n) is 6.69. The number of aromatic nitrogens is 1. The van der Waals surface area contributed by atoms with E-state index in [0.717, 1.165) is 32.1 Å². The highest BCUT2D eigenvalue weighted by Gasteiger charge is 2.56. The molecule has 8 heteroatoms. The van der Waals surface area contributed by atoms with Gasteiger partial charge in [-0.15, -0.1) is 0 Å². The van der Waals surface area contributed by atoms with Crippen LogP contribution in [0.3, 0.4) is 0 Å². The van der Waals surface area contributed by atoms with E-state index in [1.165, 1.54) is 18.3 Å². The topological polar surface area (TPSA) is 114 Å². The zero-order valence-electron chi connectivity index (χ0n) is 14.1. The SMILES string of the molecule is N[C@]12C[C@@H]1/C=C\CCCCCCNc1ncccc1S(=O)(=O)NC2=O. The number of anilines is 1. The summed E-state index contributed by atoms with van der Waals surface area (Å²) < 4.78 is 27.4. The smallest absolute Gasteiger partial charge is 0.267 e.